The van der Waals surface area contributed by atoms with Crippen LogP contribution in [0.1, 0.15) is 0 Å². The maximum atomic E-state index is 9.51. The molecule has 0 aliphatic rings. The summed E-state index contributed by atoms with van der Waals surface area (Å²) in [6, 6.07) is 0. The summed E-state index contributed by atoms with van der Waals surface area (Å²) >= 11 is 0. The van der Waals surface area contributed by atoms with Crippen molar-refractivity contribution in [3.8, 4) is 0 Å². The van der Waals surface area contributed by atoms with Crippen molar-refractivity contribution in [2.75, 3.05) is 0 Å². The first kappa shape index (κ1) is 63.6. The normalized spacial score (nSPS) is 11.2. The molecule has 0 atom stereocenters. The maximum Gasteiger partial charge on any atom is 1.00 e. The van der Waals surface area contributed by atoms with Gasteiger partial charge >= 0.3 is 183 Å². The van der Waals surface area contributed by atoms with Crippen molar-refractivity contribution in [2.45, 2.75) is 0 Å². The standard InChI is InChI=1S/2K.2H3N.2Na.3H2O8S2/c;;;;;;3*1-9(2,3)7-8-10(4,5)6/h;;2*1H3;;;3*(H,1,2,3)(H,4,5,6)/q2*+1;;;2*+1;;;/p-4. The minimum atomic E-state index is -5.31. The average Bonchev–Trinajstić information content (AvgIpc) is 2.38. The van der Waals surface area contributed by atoms with Crippen LogP contribution in [0.3, 0.4) is 0 Å². The van der Waals surface area contributed by atoms with Crippen molar-refractivity contribution in [3.63, 3.8) is 0 Å². The molecule has 0 aromatic heterocycles. The zero-order valence-electron chi connectivity index (χ0n) is 17.7. The first-order valence-electron chi connectivity index (χ1n) is 4.53. The van der Waals surface area contributed by atoms with E-state index in [0.717, 1.165) is 0 Å². The summed E-state index contributed by atoms with van der Waals surface area (Å²) < 4.78 is 182. The van der Waals surface area contributed by atoms with E-state index in [-0.39, 0.29) is 174 Å². The fourth-order valence-corrected chi connectivity index (χ4v) is 1.86. The zero-order valence-corrected chi connectivity index (χ0v) is 32.9. The Morgan fingerprint density at radius 2 is 0.500 bits per heavy atom. The van der Waals surface area contributed by atoms with Crippen molar-refractivity contribution in [1.29, 1.82) is 0 Å². The second-order valence-corrected chi connectivity index (χ2v) is 8.69. The van der Waals surface area contributed by atoms with E-state index in [9.17, 15) is 68.7 Å². The van der Waals surface area contributed by atoms with Gasteiger partial charge in [-0.15, -0.1) is 17.3 Å². The Morgan fingerprint density at radius 1 is 0.389 bits per heavy atom. The van der Waals surface area contributed by atoms with Crippen LogP contribution in [-0.4, -0.2) is 77.8 Å². The van der Waals surface area contributed by atoms with Gasteiger partial charge in [-0.05, 0) is 0 Å². The molecule has 8 N–H and O–H groups in total. The molecular weight excluding hydrogens is 729 g/mol. The predicted octanol–water partition coefficient (Wildman–Crippen LogP) is -17.4. The Bertz CT molecular complexity index is 915. The molecule has 0 aromatic rings. The van der Waals surface area contributed by atoms with Crippen molar-refractivity contribution >= 4 is 62.4 Å². The molecule has 0 spiro atoms. The van der Waals surface area contributed by atoms with Gasteiger partial charge in [0.15, 0.2) is 0 Å². The molecule has 202 valence electrons. The Balaban J connectivity index is -0.0000000401. The van der Waals surface area contributed by atoms with Crippen molar-refractivity contribution in [1.82, 2.24) is 12.3 Å². The second-order valence-electron chi connectivity index (χ2n) is 2.90. The molecule has 0 aromatic carbocycles. The van der Waals surface area contributed by atoms with Gasteiger partial charge in [-0.1, -0.05) is 8.67 Å². The smallest absolute Gasteiger partial charge is 0.724 e. The van der Waals surface area contributed by atoms with E-state index < -0.39 is 62.4 Å². The summed E-state index contributed by atoms with van der Waals surface area (Å²) in [6.07, 6.45) is 0. The summed E-state index contributed by atoms with van der Waals surface area (Å²) in [6.45, 7) is 0. The van der Waals surface area contributed by atoms with Crippen LogP contribution in [0.25, 0.3) is 0 Å². The van der Waals surface area contributed by atoms with Crippen LogP contribution in [-0.2, 0) is 88.4 Å². The van der Waals surface area contributed by atoms with Gasteiger partial charge in [-0.2, -0.15) is 16.8 Å². The molecule has 0 radical (unpaired) electrons. The van der Waals surface area contributed by atoms with E-state index in [1.165, 1.54) is 0 Å². The van der Waals surface area contributed by atoms with Gasteiger partial charge < -0.3 is 30.5 Å². The molecule has 0 heterocycles. The Hall–Kier alpha value is 4.41. The molecule has 0 aliphatic carbocycles. The van der Waals surface area contributed by atoms with Gasteiger partial charge in [-0.25, -0.2) is 33.7 Å². The largest absolute Gasteiger partial charge is 1.00 e. The molecule has 0 fully saturated rings. The SMILES string of the molecule is N.N.O=S(=O)(O)OOS(=O)(=O)O.O=S(=O)([O-])OOS(=O)(=O)[O-].O=S(=O)([O-])OOS(=O)(=O)[O-].[K+].[K+].[Na+].[Na+]. The topological polar surface area (TPSA) is 463 Å². The molecule has 0 saturated carbocycles. The zero-order chi connectivity index (χ0) is 25.2. The Morgan fingerprint density at radius 3 is 0.556 bits per heavy atom. The molecule has 0 amide bonds. The van der Waals surface area contributed by atoms with Crippen LogP contribution in [0.15, 0.2) is 0 Å². The van der Waals surface area contributed by atoms with E-state index in [1.807, 2.05) is 0 Å². The van der Waals surface area contributed by atoms with Gasteiger partial charge in [0.1, 0.15) is 0 Å². The number of hydrogen-bond donors (Lipinski definition) is 4. The average molecular weight is 737 g/mol. The summed E-state index contributed by atoms with van der Waals surface area (Å²) in [5, 5.41) is 0. The second kappa shape index (κ2) is 27.0. The van der Waals surface area contributed by atoms with E-state index >= 15 is 0 Å². The Labute approximate surface area is 333 Å². The van der Waals surface area contributed by atoms with Crippen LogP contribution in [0.4, 0.5) is 0 Å². The van der Waals surface area contributed by atoms with Gasteiger partial charge in [0.2, 0.25) is 41.6 Å². The molecule has 0 bridgehead atoms. The molecule has 36 heavy (non-hydrogen) atoms. The fourth-order valence-electron chi connectivity index (χ4n) is 0.206. The third kappa shape index (κ3) is 83.3. The summed E-state index contributed by atoms with van der Waals surface area (Å²) in [5.41, 5.74) is 0. The molecular formula is H8K2N2Na2O24S6. The third-order valence-electron chi connectivity index (χ3n) is 0.589. The molecule has 0 rings (SSSR count). The molecule has 36 heteroatoms. The molecule has 0 aliphatic heterocycles. The third-order valence-corrected chi connectivity index (χ3v) is 2.27. The molecule has 0 unspecified atom stereocenters. The first-order chi connectivity index (χ1) is 12.6. The minimum Gasteiger partial charge on any atom is -0.724 e. The van der Waals surface area contributed by atoms with Gasteiger partial charge in [-0.3, -0.25) is 9.11 Å². The number of hydrogen-bond acceptors (Lipinski definition) is 24. The van der Waals surface area contributed by atoms with Gasteiger partial charge in [0, 0.05) is 0 Å². The molecule has 0 saturated heterocycles. The van der Waals surface area contributed by atoms with Crippen molar-refractivity contribution in [2.24, 2.45) is 0 Å². The van der Waals surface area contributed by atoms with Crippen LogP contribution < -0.4 is 174 Å². The molecule has 26 nitrogen and oxygen atoms in total. The van der Waals surface area contributed by atoms with Crippen LogP contribution in [0, 0.1) is 0 Å². The predicted molar refractivity (Wildman–Crippen MR) is 78.4 cm³/mol. The van der Waals surface area contributed by atoms with Gasteiger partial charge in [0.05, 0.1) is 0 Å². The summed E-state index contributed by atoms with van der Waals surface area (Å²) in [4.78, 5) is 0. The number of rotatable bonds is 9. The van der Waals surface area contributed by atoms with E-state index in [0.29, 0.717) is 0 Å². The van der Waals surface area contributed by atoms with Crippen LogP contribution in [0.5, 0.6) is 0 Å². The van der Waals surface area contributed by atoms with Crippen LogP contribution >= 0.6 is 0 Å². The van der Waals surface area contributed by atoms with E-state index in [2.05, 4.69) is 26.0 Å². The summed E-state index contributed by atoms with van der Waals surface area (Å²) in [5.74, 6) is 0. The van der Waals surface area contributed by atoms with E-state index in [1.54, 1.807) is 0 Å². The minimum absolute atomic E-state index is 0. The summed E-state index contributed by atoms with van der Waals surface area (Å²) in [7, 11) is -31.3. The van der Waals surface area contributed by atoms with Crippen molar-refractivity contribution in [3.05, 3.63) is 0 Å². The Kier molecular flexibility index (Phi) is 47.7. The first-order valence-corrected chi connectivity index (χ1v) is 12.6. The quantitative estimate of drug-likeness (QED) is 0.0561. The van der Waals surface area contributed by atoms with Gasteiger partial charge in [0.25, 0.3) is 0 Å². The fraction of sp³-hybridized carbons (Fsp3) is 0. The maximum absolute atomic E-state index is 9.51. The monoisotopic (exact) mass is 736 g/mol. The van der Waals surface area contributed by atoms with E-state index in [4.69, 9.17) is 9.11 Å². The van der Waals surface area contributed by atoms with Crippen LogP contribution in [0.2, 0.25) is 0 Å². The van der Waals surface area contributed by atoms with Crippen molar-refractivity contribution < 1.29 is 266 Å².